The van der Waals surface area contributed by atoms with Gasteiger partial charge < -0.3 is 10.2 Å². The molecule has 2 rings (SSSR count). The van der Waals surface area contributed by atoms with Gasteiger partial charge in [-0.3, -0.25) is 4.79 Å². The van der Waals surface area contributed by atoms with Crippen LogP contribution in [-0.2, 0) is 4.79 Å². The van der Waals surface area contributed by atoms with Crippen molar-refractivity contribution in [3.8, 4) is 6.07 Å². The SMILES string of the molecule is Cc1ccc(N2CCCNC(CC#N)C2=O)cc1C. The lowest BCUT2D eigenvalue weighted by atomic mass is 10.1. The Kier molecular flexibility index (Phi) is 4.18. The number of rotatable bonds is 2. The Bertz CT molecular complexity index is 519. The molecule has 1 N–H and O–H groups in total. The van der Waals surface area contributed by atoms with E-state index in [4.69, 9.17) is 5.26 Å². The average Bonchev–Trinajstić information content (AvgIpc) is 2.57. The molecule has 4 heteroatoms. The maximum Gasteiger partial charge on any atom is 0.245 e. The van der Waals surface area contributed by atoms with Gasteiger partial charge in [0.05, 0.1) is 12.5 Å². The molecule has 1 aromatic rings. The van der Waals surface area contributed by atoms with E-state index in [0.29, 0.717) is 6.54 Å². The van der Waals surface area contributed by atoms with Crippen LogP contribution < -0.4 is 10.2 Å². The van der Waals surface area contributed by atoms with E-state index in [1.54, 1.807) is 4.90 Å². The monoisotopic (exact) mass is 257 g/mol. The summed E-state index contributed by atoms with van der Waals surface area (Å²) in [6, 6.07) is 7.76. The minimum Gasteiger partial charge on any atom is -0.311 e. The Morgan fingerprint density at radius 1 is 1.42 bits per heavy atom. The lowest BCUT2D eigenvalue weighted by Gasteiger charge is -2.24. The topological polar surface area (TPSA) is 56.1 Å². The first kappa shape index (κ1) is 13.6. The molecule has 0 saturated carbocycles. The molecule has 4 nitrogen and oxygen atoms in total. The number of nitrogens with zero attached hydrogens (tertiary/aromatic N) is 2. The van der Waals surface area contributed by atoms with Gasteiger partial charge in [0, 0.05) is 12.2 Å². The van der Waals surface area contributed by atoms with E-state index in [9.17, 15) is 4.79 Å². The smallest absolute Gasteiger partial charge is 0.245 e. The molecule has 1 aliphatic rings. The van der Waals surface area contributed by atoms with Crippen LogP contribution >= 0.6 is 0 Å². The van der Waals surface area contributed by atoms with Gasteiger partial charge in [-0.1, -0.05) is 6.07 Å². The largest absolute Gasteiger partial charge is 0.311 e. The van der Waals surface area contributed by atoms with Crippen molar-refractivity contribution < 1.29 is 4.79 Å². The maximum absolute atomic E-state index is 12.4. The van der Waals surface area contributed by atoms with Crippen molar-refractivity contribution in [2.45, 2.75) is 32.7 Å². The summed E-state index contributed by atoms with van der Waals surface area (Å²) >= 11 is 0. The Morgan fingerprint density at radius 3 is 2.89 bits per heavy atom. The Hall–Kier alpha value is -1.86. The van der Waals surface area contributed by atoms with Crippen molar-refractivity contribution in [1.82, 2.24) is 5.32 Å². The van der Waals surface area contributed by atoms with Crippen molar-refractivity contribution >= 4 is 11.6 Å². The second kappa shape index (κ2) is 5.85. The molecule has 1 aliphatic heterocycles. The molecule has 1 atom stereocenters. The third-order valence-electron chi connectivity index (χ3n) is 3.61. The van der Waals surface area contributed by atoms with Crippen molar-refractivity contribution in [1.29, 1.82) is 5.26 Å². The normalized spacial score (nSPS) is 19.9. The minimum atomic E-state index is -0.380. The predicted octanol–water partition coefficient (Wildman–Crippen LogP) is 1.91. The third-order valence-corrected chi connectivity index (χ3v) is 3.61. The van der Waals surface area contributed by atoms with Crippen molar-refractivity contribution in [2.75, 3.05) is 18.0 Å². The lowest BCUT2D eigenvalue weighted by molar-refractivity contribution is -0.120. The Morgan fingerprint density at radius 2 is 2.21 bits per heavy atom. The number of hydrogen-bond acceptors (Lipinski definition) is 3. The number of carbonyl (C=O) groups is 1. The average molecular weight is 257 g/mol. The summed E-state index contributed by atoms with van der Waals surface area (Å²) in [6.45, 7) is 5.59. The summed E-state index contributed by atoms with van der Waals surface area (Å²) < 4.78 is 0. The van der Waals surface area contributed by atoms with Gasteiger partial charge in [-0.15, -0.1) is 0 Å². The number of anilines is 1. The fourth-order valence-corrected chi connectivity index (χ4v) is 2.30. The zero-order valence-corrected chi connectivity index (χ0v) is 11.4. The molecule has 1 heterocycles. The number of benzene rings is 1. The summed E-state index contributed by atoms with van der Waals surface area (Å²) in [7, 11) is 0. The predicted molar refractivity (Wildman–Crippen MR) is 74.9 cm³/mol. The first-order valence-electron chi connectivity index (χ1n) is 6.62. The van der Waals surface area contributed by atoms with E-state index < -0.39 is 0 Å². The van der Waals surface area contributed by atoms with Gasteiger partial charge in [-0.2, -0.15) is 5.26 Å². The molecule has 0 bridgehead atoms. The molecule has 0 radical (unpaired) electrons. The number of carbonyl (C=O) groups excluding carboxylic acids is 1. The molecule has 1 aromatic carbocycles. The molecular weight excluding hydrogens is 238 g/mol. The standard InChI is InChI=1S/C15H19N3O/c1-11-4-5-13(10-12(11)2)18-9-3-8-17-14(6-7-16)15(18)19/h4-5,10,14,17H,3,6,8-9H2,1-2H3. The van der Waals surface area contributed by atoms with Crippen LogP contribution in [0.4, 0.5) is 5.69 Å². The second-order valence-corrected chi connectivity index (χ2v) is 4.98. The second-order valence-electron chi connectivity index (χ2n) is 4.98. The molecule has 1 fully saturated rings. The summed E-state index contributed by atoms with van der Waals surface area (Å²) in [5.74, 6) is 0.00213. The zero-order chi connectivity index (χ0) is 13.8. The molecular formula is C15H19N3O. The van der Waals surface area contributed by atoms with E-state index in [2.05, 4.69) is 18.3 Å². The summed E-state index contributed by atoms with van der Waals surface area (Å²) in [4.78, 5) is 14.2. The van der Waals surface area contributed by atoms with Gasteiger partial charge in [0.15, 0.2) is 0 Å². The van der Waals surface area contributed by atoms with Crippen LogP contribution in [0, 0.1) is 25.2 Å². The minimum absolute atomic E-state index is 0.00213. The van der Waals surface area contributed by atoms with Gasteiger partial charge >= 0.3 is 0 Å². The van der Waals surface area contributed by atoms with E-state index >= 15 is 0 Å². The fourth-order valence-electron chi connectivity index (χ4n) is 2.30. The van der Waals surface area contributed by atoms with Crippen molar-refractivity contribution in [3.05, 3.63) is 29.3 Å². The first-order valence-corrected chi connectivity index (χ1v) is 6.62. The van der Waals surface area contributed by atoms with E-state index in [1.807, 2.05) is 25.1 Å². The Balaban J connectivity index is 2.28. The number of nitriles is 1. The lowest BCUT2D eigenvalue weighted by Crippen LogP contribution is -2.43. The van der Waals surface area contributed by atoms with Crippen LogP contribution in [0.3, 0.4) is 0 Å². The highest BCUT2D eigenvalue weighted by Gasteiger charge is 2.27. The highest BCUT2D eigenvalue weighted by Crippen LogP contribution is 2.21. The number of amides is 1. The summed E-state index contributed by atoms with van der Waals surface area (Å²) in [5.41, 5.74) is 3.33. The highest BCUT2D eigenvalue weighted by molar-refractivity contribution is 5.97. The van der Waals surface area contributed by atoms with Crippen LogP contribution in [-0.4, -0.2) is 25.0 Å². The number of aryl methyl sites for hydroxylation is 2. The van der Waals surface area contributed by atoms with Gasteiger partial charge in [0.1, 0.15) is 6.04 Å². The molecule has 0 aliphatic carbocycles. The van der Waals surface area contributed by atoms with E-state index in [-0.39, 0.29) is 18.4 Å². The number of hydrogen-bond donors (Lipinski definition) is 1. The molecule has 0 aromatic heterocycles. The first-order chi connectivity index (χ1) is 9.13. The summed E-state index contributed by atoms with van der Waals surface area (Å²) in [6.07, 6.45) is 1.13. The molecule has 0 spiro atoms. The van der Waals surface area contributed by atoms with Crippen LogP contribution in [0.1, 0.15) is 24.0 Å². The quantitative estimate of drug-likeness (QED) is 0.880. The van der Waals surface area contributed by atoms with Crippen LogP contribution in [0.15, 0.2) is 18.2 Å². The van der Waals surface area contributed by atoms with Crippen LogP contribution in [0.25, 0.3) is 0 Å². The molecule has 1 amide bonds. The Labute approximate surface area is 114 Å². The number of nitrogens with one attached hydrogen (secondary N) is 1. The van der Waals surface area contributed by atoms with Crippen LogP contribution in [0.5, 0.6) is 0 Å². The van der Waals surface area contributed by atoms with Crippen molar-refractivity contribution in [3.63, 3.8) is 0 Å². The molecule has 1 saturated heterocycles. The van der Waals surface area contributed by atoms with Gasteiger partial charge in [0.2, 0.25) is 5.91 Å². The highest BCUT2D eigenvalue weighted by atomic mass is 16.2. The van der Waals surface area contributed by atoms with E-state index in [1.165, 1.54) is 11.1 Å². The maximum atomic E-state index is 12.4. The molecule has 100 valence electrons. The van der Waals surface area contributed by atoms with E-state index in [0.717, 1.165) is 18.7 Å². The van der Waals surface area contributed by atoms with Gasteiger partial charge in [-0.05, 0) is 50.1 Å². The summed E-state index contributed by atoms with van der Waals surface area (Å²) in [5, 5.41) is 11.9. The van der Waals surface area contributed by atoms with Gasteiger partial charge in [0.25, 0.3) is 0 Å². The fraction of sp³-hybridized carbons (Fsp3) is 0.467. The molecule has 1 unspecified atom stereocenters. The zero-order valence-electron chi connectivity index (χ0n) is 11.4. The van der Waals surface area contributed by atoms with Crippen molar-refractivity contribution in [2.24, 2.45) is 0 Å². The van der Waals surface area contributed by atoms with Gasteiger partial charge in [-0.25, -0.2) is 0 Å². The third kappa shape index (κ3) is 2.94. The van der Waals surface area contributed by atoms with Crippen LogP contribution in [0.2, 0.25) is 0 Å². The molecule has 19 heavy (non-hydrogen) atoms.